The molecule has 1 aromatic heterocycles. The zero-order chi connectivity index (χ0) is 15.1. The first-order valence-corrected chi connectivity index (χ1v) is 7.51. The van der Waals surface area contributed by atoms with Gasteiger partial charge < -0.3 is 10.1 Å². The number of halogens is 1. The van der Waals surface area contributed by atoms with Crippen molar-refractivity contribution in [3.63, 3.8) is 0 Å². The molecule has 3 nitrogen and oxygen atoms in total. The van der Waals surface area contributed by atoms with Crippen LogP contribution in [0.5, 0.6) is 0 Å². The number of aromatic nitrogens is 1. The van der Waals surface area contributed by atoms with Gasteiger partial charge in [-0.2, -0.15) is 0 Å². The summed E-state index contributed by atoms with van der Waals surface area (Å²) in [6.45, 7) is 6.08. The minimum Gasteiger partial charge on any atom is -0.370 e. The van der Waals surface area contributed by atoms with Crippen molar-refractivity contribution in [2.24, 2.45) is 0 Å². The highest BCUT2D eigenvalue weighted by molar-refractivity contribution is 6.31. The van der Waals surface area contributed by atoms with Crippen LogP contribution in [-0.2, 0) is 24.5 Å². The summed E-state index contributed by atoms with van der Waals surface area (Å²) in [4.78, 5) is 4.41. The van der Waals surface area contributed by atoms with Crippen molar-refractivity contribution < 1.29 is 4.74 Å². The number of rotatable bonds is 7. The highest BCUT2D eigenvalue weighted by Crippen LogP contribution is 2.16. The molecule has 0 aliphatic heterocycles. The predicted molar refractivity (Wildman–Crippen MR) is 86.2 cm³/mol. The molecule has 2 aromatic rings. The fraction of sp³-hybridized carbons (Fsp3) is 0.353. The molecule has 112 valence electrons. The maximum atomic E-state index is 6.08. The third-order valence-corrected chi connectivity index (χ3v) is 3.43. The number of hydrogen-bond acceptors (Lipinski definition) is 3. The number of benzene rings is 1. The molecule has 0 spiro atoms. The Balaban J connectivity index is 1.80. The van der Waals surface area contributed by atoms with Gasteiger partial charge in [-0.05, 0) is 23.3 Å². The van der Waals surface area contributed by atoms with Crippen LogP contribution in [0, 0.1) is 0 Å². The number of ether oxygens (including phenoxy) is 1. The molecule has 1 aromatic carbocycles. The Hall–Kier alpha value is -1.42. The molecule has 21 heavy (non-hydrogen) atoms. The fourth-order valence-corrected chi connectivity index (χ4v) is 2.04. The highest BCUT2D eigenvalue weighted by Gasteiger charge is 2.01. The lowest BCUT2D eigenvalue weighted by Gasteiger charge is -2.09. The largest absolute Gasteiger partial charge is 0.370 e. The van der Waals surface area contributed by atoms with Gasteiger partial charge in [0.15, 0.2) is 0 Å². The molecule has 0 unspecified atom stereocenters. The lowest BCUT2D eigenvalue weighted by molar-refractivity contribution is 0.104. The Morgan fingerprint density at radius 1 is 1.14 bits per heavy atom. The maximum absolute atomic E-state index is 6.08. The van der Waals surface area contributed by atoms with E-state index in [0.717, 1.165) is 22.8 Å². The maximum Gasteiger partial charge on any atom is 0.0892 e. The molecule has 0 aliphatic rings. The van der Waals surface area contributed by atoms with E-state index in [4.69, 9.17) is 16.3 Å². The molecule has 0 aliphatic carbocycles. The minimum atomic E-state index is 0.476. The smallest absolute Gasteiger partial charge is 0.0892 e. The van der Waals surface area contributed by atoms with Crippen LogP contribution in [0.4, 0.5) is 0 Å². The minimum absolute atomic E-state index is 0.476. The zero-order valence-electron chi connectivity index (χ0n) is 12.5. The van der Waals surface area contributed by atoms with Gasteiger partial charge >= 0.3 is 0 Å². The van der Waals surface area contributed by atoms with Crippen molar-refractivity contribution in [2.45, 2.75) is 39.6 Å². The number of nitrogens with one attached hydrogen (secondary N) is 1. The van der Waals surface area contributed by atoms with E-state index in [0.29, 0.717) is 19.3 Å². The summed E-state index contributed by atoms with van der Waals surface area (Å²) in [6, 6.07) is 12.3. The summed E-state index contributed by atoms with van der Waals surface area (Å²) >= 11 is 6.08. The van der Waals surface area contributed by atoms with Crippen LogP contribution in [0.2, 0.25) is 5.02 Å². The second-order valence-electron chi connectivity index (χ2n) is 5.28. The first-order valence-electron chi connectivity index (χ1n) is 7.13. The number of pyridine rings is 1. The molecule has 0 fully saturated rings. The predicted octanol–water partition coefficient (Wildman–Crippen LogP) is 3.95. The second-order valence-corrected chi connectivity index (χ2v) is 5.68. The molecule has 0 amide bonds. The summed E-state index contributed by atoms with van der Waals surface area (Å²) < 4.78 is 5.66. The third kappa shape index (κ3) is 5.46. The average Bonchev–Trinajstić information content (AvgIpc) is 2.48. The second kappa shape index (κ2) is 8.13. The average molecular weight is 305 g/mol. The molecule has 0 saturated heterocycles. The van der Waals surface area contributed by atoms with Crippen LogP contribution in [0.3, 0.4) is 0 Å². The first-order chi connectivity index (χ1) is 10.1. The Morgan fingerprint density at radius 2 is 1.95 bits per heavy atom. The quantitative estimate of drug-likeness (QED) is 0.841. The Labute approximate surface area is 131 Å². The Morgan fingerprint density at radius 3 is 2.62 bits per heavy atom. The van der Waals surface area contributed by atoms with Crippen LogP contribution in [0.25, 0.3) is 0 Å². The molecule has 1 heterocycles. The summed E-state index contributed by atoms with van der Waals surface area (Å²) in [7, 11) is 0. The van der Waals surface area contributed by atoms with Crippen molar-refractivity contribution in [2.75, 3.05) is 0 Å². The zero-order valence-corrected chi connectivity index (χ0v) is 13.2. The molecular weight excluding hydrogens is 284 g/mol. The molecule has 0 atom stereocenters. The SMILES string of the molecule is CC(C)NCc1ccc(COCc2ccccc2Cl)nc1. The van der Waals surface area contributed by atoms with Crippen LogP contribution in [0.15, 0.2) is 42.6 Å². The molecule has 0 saturated carbocycles. The molecule has 4 heteroatoms. The van der Waals surface area contributed by atoms with Gasteiger partial charge in [0, 0.05) is 23.8 Å². The topological polar surface area (TPSA) is 34.1 Å². The van der Waals surface area contributed by atoms with E-state index in [-0.39, 0.29) is 0 Å². The van der Waals surface area contributed by atoms with Gasteiger partial charge in [0.2, 0.25) is 0 Å². The van der Waals surface area contributed by atoms with E-state index < -0.39 is 0 Å². The Kier molecular flexibility index (Phi) is 6.18. The van der Waals surface area contributed by atoms with Gasteiger partial charge in [-0.15, -0.1) is 0 Å². The van der Waals surface area contributed by atoms with E-state index in [1.165, 1.54) is 5.56 Å². The van der Waals surface area contributed by atoms with Crippen molar-refractivity contribution in [1.29, 1.82) is 0 Å². The third-order valence-electron chi connectivity index (χ3n) is 3.07. The van der Waals surface area contributed by atoms with Crippen LogP contribution < -0.4 is 5.32 Å². The van der Waals surface area contributed by atoms with E-state index in [9.17, 15) is 0 Å². The first kappa shape index (κ1) is 16.0. The van der Waals surface area contributed by atoms with Crippen LogP contribution in [-0.4, -0.2) is 11.0 Å². The number of nitrogens with zero attached hydrogens (tertiary/aromatic N) is 1. The lowest BCUT2D eigenvalue weighted by Crippen LogP contribution is -2.21. The molecule has 0 bridgehead atoms. The van der Waals surface area contributed by atoms with E-state index in [1.807, 2.05) is 36.5 Å². The van der Waals surface area contributed by atoms with Gasteiger partial charge in [-0.3, -0.25) is 4.98 Å². The Bertz CT molecular complexity index is 555. The van der Waals surface area contributed by atoms with Crippen molar-refractivity contribution in [1.82, 2.24) is 10.3 Å². The van der Waals surface area contributed by atoms with E-state index in [1.54, 1.807) is 0 Å². The van der Waals surface area contributed by atoms with Crippen LogP contribution in [0.1, 0.15) is 30.7 Å². The monoisotopic (exact) mass is 304 g/mol. The normalized spacial score (nSPS) is 11.0. The summed E-state index contributed by atoms with van der Waals surface area (Å²) in [6.07, 6.45) is 1.89. The lowest BCUT2D eigenvalue weighted by atomic mass is 10.2. The van der Waals surface area contributed by atoms with Gasteiger partial charge in [-0.25, -0.2) is 0 Å². The summed E-state index contributed by atoms with van der Waals surface area (Å²) in [5.74, 6) is 0. The van der Waals surface area contributed by atoms with Gasteiger partial charge in [0.1, 0.15) is 0 Å². The van der Waals surface area contributed by atoms with Gasteiger partial charge in [-0.1, -0.05) is 49.7 Å². The molecule has 2 rings (SSSR count). The molecule has 1 N–H and O–H groups in total. The van der Waals surface area contributed by atoms with E-state index in [2.05, 4.69) is 30.2 Å². The number of hydrogen-bond donors (Lipinski definition) is 1. The fourth-order valence-electron chi connectivity index (χ4n) is 1.85. The molecule has 0 radical (unpaired) electrons. The van der Waals surface area contributed by atoms with Crippen molar-refractivity contribution >= 4 is 11.6 Å². The highest BCUT2D eigenvalue weighted by atomic mass is 35.5. The summed E-state index contributed by atoms with van der Waals surface area (Å²) in [5, 5.41) is 4.10. The molecular formula is C17H21ClN2O. The van der Waals surface area contributed by atoms with Crippen molar-refractivity contribution in [3.8, 4) is 0 Å². The standard InChI is InChI=1S/C17H21ClN2O/c1-13(2)19-9-14-7-8-16(20-10-14)12-21-11-15-5-3-4-6-17(15)18/h3-8,10,13,19H,9,11-12H2,1-2H3. The van der Waals surface area contributed by atoms with Crippen LogP contribution >= 0.6 is 11.6 Å². The summed E-state index contributed by atoms with van der Waals surface area (Å²) in [5.41, 5.74) is 3.10. The van der Waals surface area contributed by atoms with E-state index >= 15 is 0 Å². The van der Waals surface area contributed by atoms with Crippen molar-refractivity contribution in [3.05, 3.63) is 64.4 Å². The van der Waals surface area contributed by atoms with Gasteiger partial charge in [0.05, 0.1) is 18.9 Å². The van der Waals surface area contributed by atoms with Gasteiger partial charge in [0.25, 0.3) is 0 Å².